The lowest BCUT2D eigenvalue weighted by Gasteiger charge is -2.16. The molecule has 0 bridgehead atoms. The molecule has 0 radical (unpaired) electrons. The van der Waals surface area contributed by atoms with E-state index in [2.05, 4.69) is 10.6 Å². The van der Waals surface area contributed by atoms with Crippen molar-refractivity contribution in [3.05, 3.63) is 23.8 Å². The average Bonchev–Trinajstić information content (AvgIpc) is 2.44. The molecule has 2 amide bonds. The molecule has 0 saturated carbocycles. The van der Waals surface area contributed by atoms with Crippen molar-refractivity contribution >= 4 is 23.2 Å². The van der Waals surface area contributed by atoms with Crippen molar-refractivity contribution in [3.63, 3.8) is 0 Å². The minimum absolute atomic E-state index is 0.0142. The van der Waals surface area contributed by atoms with Gasteiger partial charge in [-0.3, -0.25) is 9.59 Å². The van der Waals surface area contributed by atoms with Gasteiger partial charge in [0.05, 0.1) is 17.9 Å². The Bertz CT molecular complexity index is 488. The van der Waals surface area contributed by atoms with Gasteiger partial charge in [-0.2, -0.15) is 0 Å². The molecule has 6 heteroatoms. The maximum Gasteiger partial charge on any atom is 0.251 e. The Labute approximate surface area is 119 Å². The molecule has 0 fully saturated rings. The Morgan fingerprint density at radius 3 is 2.55 bits per heavy atom. The highest BCUT2D eigenvalue weighted by atomic mass is 16.2. The number of carbonyl (C=O) groups excluding carboxylic acids is 2. The molecule has 0 aliphatic carbocycles. The first-order chi connectivity index (χ1) is 9.49. The average molecular weight is 278 g/mol. The van der Waals surface area contributed by atoms with E-state index in [4.69, 9.17) is 5.73 Å². The minimum atomic E-state index is -0.160. The van der Waals surface area contributed by atoms with Gasteiger partial charge in [0.25, 0.3) is 5.91 Å². The van der Waals surface area contributed by atoms with Crippen LogP contribution in [0.3, 0.4) is 0 Å². The molecule has 0 aliphatic heterocycles. The summed E-state index contributed by atoms with van der Waals surface area (Å²) in [4.78, 5) is 24.9. The molecule has 1 aromatic rings. The third kappa shape index (κ3) is 4.15. The molecular weight excluding hydrogens is 256 g/mol. The summed E-state index contributed by atoms with van der Waals surface area (Å²) in [5.74, 6) is -0.174. The number of amides is 2. The van der Waals surface area contributed by atoms with Crippen molar-refractivity contribution in [3.8, 4) is 0 Å². The highest BCUT2D eigenvalue weighted by Crippen LogP contribution is 2.19. The van der Waals surface area contributed by atoms with Crippen molar-refractivity contribution in [1.29, 1.82) is 0 Å². The summed E-state index contributed by atoms with van der Waals surface area (Å²) in [5, 5.41) is 5.68. The molecule has 6 nitrogen and oxygen atoms in total. The molecule has 1 rings (SSSR count). The zero-order chi connectivity index (χ0) is 15.1. The molecule has 0 unspecified atom stereocenters. The zero-order valence-corrected chi connectivity index (χ0v) is 12.2. The first kappa shape index (κ1) is 15.8. The van der Waals surface area contributed by atoms with Crippen LogP contribution in [0.4, 0.5) is 11.4 Å². The van der Waals surface area contributed by atoms with E-state index >= 15 is 0 Å². The monoisotopic (exact) mass is 278 g/mol. The Balaban J connectivity index is 2.69. The topological polar surface area (TPSA) is 87.5 Å². The Morgan fingerprint density at radius 2 is 2.00 bits per heavy atom. The van der Waals surface area contributed by atoms with Crippen LogP contribution in [0.2, 0.25) is 0 Å². The van der Waals surface area contributed by atoms with Crippen molar-refractivity contribution in [2.75, 3.05) is 37.7 Å². The number of anilines is 2. The van der Waals surface area contributed by atoms with Crippen LogP contribution in [0.5, 0.6) is 0 Å². The van der Waals surface area contributed by atoms with E-state index in [1.165, 1.54) is 0 Å². The molecule has 0 aliphatic rings. The van der Waals surface area contributed by atoms with Gasteiger partial charge in [-0.05, 0) is 32.0 Å². The Kier molecular flexibility index (Phi) is 5.83. The SMILES string of the molecule is CCNC(=O)c1ccc(NCC(=O)N(C)CC)c(N)c1. The van der Waals surface area contributed by atoms with Crippen molar-refractivity contribution in [2.45, 2.75) is 13.8 Å². The normalized spacial score (nSPS) is 9.95. The number of hydrogen-bond donors (Lipinski definition) is 3. The van der Waals surface area contributed by atoms with Gasteiger partial charge < -0.3 is 21.3 Å². The fraction of sp³-hybridized carbons (Fsp3) is 0.429. The van der Waals surface area contributed by atoms with Crippen LogP contribution in [0.25, 0.3) is 0 Å². The van der Waals surface area contributed by atoms with E-state index in [1.54, 1.807) is 30.1 Å². The first-order valence-corrected chi connectivity index (χ1v) is 6.65. The van der Waals surface area contributed by atoms with E-state index in [-0.39, 0.29) is 18.4 Å². The van der Waals surface area contributed by atoms with Gasteiger partial charge in [0.1, 0.15) is 0 Å². The Hall–Kier alpha value is -2.24. The van der Waals surface area contributed by atoms with Gasteiger partial charge in [-0.25, -0.2) is 0 Å². The molecule has 0 atom stereocenters. The van der Waals surface area contributed by atoms with E-state index in [0.717, 1.165) is 0 Å². The molecular formula is C14H22N4O2. The van der Waals surface area contributed by atoms with Crippen molar-refractivity contribution < 1.29 is 9.59 Å². The van der Waals surface area contributed by atoms with E-state index in [9.17, 15) is 9.59 Å². The summed E-state index contributed by atoms with van der Waals surface area (Å²) in [5.41, 5.74) is 7.48. The number of nitrogens with zero attached hydrogens (tertiary/aromatic N) is 1. The maximum atomic E-state index is 11.7. The number of nitrogen functional groups attached to an aromatic ring is 1. The van der Waals surface area contributed by atoms with Gasteiger partial charge in [0, 0.05) is 25.7 Å². The van der Waals surface area contributed by atoms with E-state index in [0.29, 0.717) is 30.0 Å². The summed E-state index contributed by atoms with van der Waals surface area (Å²) in [6.45, 7) is 5.16. The van der Waals surface area contributed by atoms with Gasteiger partial charge in [0.15, 0.2) is 0 Å². The van der Waals surface area contributed by atoms with Gasteiger partial charge in [0.2, 0.25) is 5.91 Å². The quantitative estimate of drug-likeness (QED) is 0.675. The standard InChI is InChI=1S/C14H22N4O2/c1-4-16-14(20)10-6-7-12(11(15)8-10)17-9-13(19)18(3)5-2/h6-8,17H,4-5,9,15H2,1-3H3,(H,16,20). The number of likely N-dealkylation sites (N-methyl/N-ethyl adjacent to an activating group) is 1. The summed E-state index contributed by atoms with van der Waals surface area (Å²) in [6.07, 6.45) is 0. The van der Waals surface area contributed by atoms with Crippen LogP contribution in [-0.4, -0.2) is 43.4 Å². The second-order valence-corrected chi connectivity index (χ2v) is 4.42. The number of rotatable bonds is 6. The van der Waals surface area contributed by atoms with Crippen LogP contribution in [0, 0.1) is 0 Å². The molecule has 110 valence electrons. The van der Waals surface area contributed by atoms with Crippen LogP contribution in [0.15, 0.2) is 18.2 Å². The summed E-state index contributed by atoms with van der Waals surface area (Å²) >= 11 is 0. The third-order valence-electron chi connectivity index (χ3n) is 2.98. The molecule has 0 aromatic heterocycles. The molecule has 20 heavy (non-hydrogen) atoms. The van der Waals surface area contributed by atoms with Crippen LogP contribution in [-0.2, 0) is 4.79 Å². The molecule has 4 N–H and O–H groups in total. The van der Waals surface area contributed by atoms with E-state index in [1.807, 2.05) is 13.8 Å². The van der Waals surface area contributed by atoms with Crippen LogP contribution >= 0.6 is 0 Å². The van der Waals surface area contributed by atoms with Crippen LogP contribution in [0.1, 0.15) is 24.2 Å². The van der Waals surface area contributed by atoms with Crippen molar-refractivity contribution in [2.24, 2.45) is 0 Å². The molecule has 1 aromatic carbocycles. The fourth-order valence-corrected chi connectivity index (χ4v) is 1.61. The fourth-order valence-electron chi connectivity index (χ4n) is 1.61. The maximum absolute atomic E-state index is 11.7. The molecule has 0 heterocycles. The number of hydrogen-bond acceptors (Lipinski definition) is 4. The second-order valence-electron chi connectivity index (χ2n) is 4.42. The lowest BCUT2D eigenvalue weighted by Crippen LogP contribution is -2.32. The highest BCUT2D eigenvalue weighted by molar-refractivity contribution is 5.96. The number of carbonyl (C=O) groups is 2. The summed E-state index contributed by atoms with van der Waals surface area (Å²) in [7, 11) is 1.74. The predicted octanol–water partition coefficient (Wildman–Crippen LogP) is 0.909. The largest absolute Gasteiger partial charge is 0.397 e. The summed E-state index contributed by atoms with van der Waals surface area (Å²) < 4.78 is 0. The zero-order valence-electron chi connectivity index (χ0n) is 12.2. The van der Waals surface area contributed by atoms with Crippen LogP contribution < -0.4 is 16.4 Å². The third-order valence-corrected chi connectivity index (χ3v) is 2.98. The molecule has 0 spiro atoms. The van der Waals surface area contributed by atoms with Crippen molar-refractivity contribution in [1.82, 2.24) is 10.2 Å². The summed E-state index contributed by atoms with van der Waals surface area (Å²) in [6, 6.07) is 4.98. The minimum Gasteiger partial charge on any atom is -0.397 e. The number of benzene rings is 1. The first-order valence-electron chi connectivity index (χ1n) is 6.65. The molecule has 0 saturated heterocycles. The lowest BCUT2D eigenvalue weighted by molar-refractivity contribution is -0.127. The lowest BCUT2D eigenvalue weighted by atomic mass is 10.1. The van der Waals surface area contributed by atoms with E-state index < -0.39 is 0 Å². The number of nitrogens with two attached hydrogens (primary N) is 1. The highest BCUT2D eigenvalue weighted by Gasteiger charge is 2.09. The smallest absolute Gasteiger partial charge is 0.251 e. The van der Waals surface area contributed by atoms with Gasteiger partial charge in [-0.15, -0.1) is 0 Å². The van der Waals surface area contributed by atoms with Gasteiger partial charge in [-0.1, -0.05) is 0 Å². The predicted molar refractivity (Wildman–Crippen MR) is 80.7 cm³/mol. The van der Waals surface area contributed by atoms with Gasteiger partial charge >= 0.3 is 0 Å². The Morgan fingerprint density at radius 1 is 1.30 bits per heavy atom. The number of nitrogens with one attached hydrogen (secondary N) is 2. The second kappa shape index (κ2) is 7.37.